The first-order valence-electron chi connectivity index (χ1n) is 5.83. The van der Waals surface area contributed by atoms with Gasteiger partial charge in [-0.25, -0.2) is 0 Å². The van der Waals surface area contributed by atoms with E-state index in [0.29, 0.717) is 12.1 Å². The van der Waals surface area contributed by atoms with Gasteiger partial charge in [0.25, 0.3) is 0 Å². The second-order valence-electron chi connectivity index (χ2n) is 5.02. The van der Waals surface area contributed by atoms with E-state index in [2.05, 4.69) is 10.5 Å². The van der Waals surface area contributed by atoms with E-state index in [4.69, 9.17) is 16.0 Å². The Kier molecular flexibility index (Phi) is 4.69. The Bertz CT molecular complexity index is 442. The normalized spacial score (nSPS) is 12.8. The van der Waals surface area contributed by atoms with Crippen molar-refractivity contribution in [1.29, 1.82) is 0 Å². The fourth-order valence-electron chi connectivity index (χ4n) is 1.50. The summed E-state index contributed by atoms with van der Waals surface area (Å²) in [6.07, 6.45) is 0. The second-order valence-corrected chi connectivity index (χ2v) is 5.02. The van der Waals surface area contributed by atoms with E-state index >= 15 is 0 Å². The number of aliphatic hydroxyl groups excluding tert-OH is 1. The fraction of sp³-hybridized carbons (Fsp3) is 0.462. The predicted molar refractivity (Wildman–Crippen MR) is 71.7 cm³/mol. The first-order chi connectivity index (χ1) is 8.39. The van der Waals surface area contributed by atoms with Gasteiger partial charge in [-0.1, -0.05) is 17.3 Å². The third-order valence-electron chi connectivity index (χ3n) is 2.90. The molecule has 0 saturated heterocycles. The van der Waals surface area contributed by atoms with Crippen LogP contribution in [0.15, 0.2) is 23.4 Å². The van der Waals surface area contributed by atoms with Gasteiger partial charge in [0, 0.05) is 17.6 Å². The van der Waals surface area contributed by atoms with Gasteiger partial charge in [0.1, 0.15) is 0 Å². The molecule has 0 aliphatic heterocycles. The van der Waals surface area contributed by atoms with Crippen LogP contribution in [0.4, 0.5) is 0 Å². The molecule has 100 valence electrons. The monoisotopic (exact) mass is 251 g/mol. The summed E-state index contributed by atoms with van der Waals surface area (Å²) in [6.45, 7) is 6.58. The topological polar surface area (TPSA) is 90.9 Å². The quantitative estimate of drug-likeness (QED) is 0.271. The van der Waals surface area contributed by atoms with Crippen LogP contribution in [-0.4, -0.2) is 28.3 Å². The molecule has 0 aliphatic carbocycles. The van der Waals surface area contributed by atoms with Crippen molar-refractivity contribution in [3.8, 4) is 0 Å². The average molecular weight is 251 g/mol. The summed E-state index contributed by atoms with van der Waals surface area (Å²) >= 11 is 0. The lowest BCUT2D eigenvalue weighted by atomic mass is 10.0. The van der Waals surface area contributed by atoms with Crippen molar-refractivity contribution < 1.29 is 10.3 Å². The molecule has 0 unspecified atom stereocenters. The summed E-state index contributed by atoms with van der Waals surface area (Å²) in [5.41, 5.74) is 8.09. The molecule has 0 radical (unpaired) electrons. The van der Waals surface area contributed by atoms with Crippen LogP contribution in [0.2, 0.25) is 0 Å². The summed E-state index contributed by atoms with van der Waals surface area (Å²) in [4.78, 5) is 0. The predicted octanol–water partition coefficient (Wildman–Crippen LogP) is 0.950. The summed E-state index contributed by atoms with van der Waals surface area (Å²) in [5, 5.41) is 24.0. The molecule has 0 amide bonds. The van der Waals surface area contributed by atoms with E-state index in [-0.39, 0.29) is 18.0 Å². The van der Waals surface area contributed by atoms with Crippen molar-refractivity contribution >= 4 is 5.84 Å². The molecule has 0 aromatic heterocycles. The highest BCUT2D eigenvalue weighted by Crippen LogP contribution is 2.12. The molecule has 1 rings (SSSR count). The molecule has 1 aromatic carbocycles. The van der Waals surface area contributed by atoms with Gasteiger partial charge in [0.05, 0.1) is 6.61 Å². The molecule has 0 atom stereocenters. The van der Waals surface area contributed by atoms with Crippen molar-refractivity contribution in [2.75, 3.05) is 6.61 Å². The third kappa shape index (κ3) is 3.72. The van der Waals surface area contributed by atoms with E-state index in [1.165, 1.54) is 0 Å². The van der Waals surface area contributed by atoms with Crippen LogP contribution in [0.25, 0.3) is 0 Å². The maximum Gasteiger partial charge on any atom is 0.170 e. The van der Waals surface area contributed by atoms with Crippen LogP contribution >= 0.6 is 0 Å². The molecular weight excluding hydrogens is 230 g/mol. The number of hydrogen-bond acceptors (Lipinski definition) is 4. The lowest BCUT2D eigenvalue weighted by molar-refractivity contribution is 0.187. The first kappa shape index (κ1) is 14.5. The van der Waals surface area contributed by atoms with Gasteiger partial charge in [0.2, 0.25) is 0 Å². The summed E-state index contributed by atoms with van der Waals surface area (Å²) < 4.78 is 0. The zero-order chi connectivity index (χ0) is 13.8. The number of rotatable bonds is 5. The van der Waals surface area contributed by atoms with E-state index < -0.39 is 0 Å². The van der Waals surface area contributed by atoms with Gasteiger partial charge in [-0.05, 0) is 38.0 Å². The molecule has 5 N–H and O–H groups in total. The molecule has 0 heterocycles. The minimum absolute atomic E-state index is 0.0776. The lowest BCUT2D eigenvalue weighted by Crippen LogP contribution is -2.42. The van der Waals surface area contributed by atoms with Crippen molar-refractivity contribution in [1.82, 2.24) is 5.32 Å². The molecular formula is C13H21N3O2. The fourth-order valence-corrected chi connectivity index (χ4v) is 1.50. The summed E-state index contributed by atoms with van der Waals surface area (Å²) in [7, 11) is 0. The maximum atomic E-state index is 9.17. The lowest BCUT2D eigenvalue weighted by Gasteiger charge is -2.24. The number of nitrogens with two attached hydrogens (primary N) is 1. The first-order valence-corrected chi connectivity index (χ1v) is 5.83. The molecule has 18 heavy (non-hydrogen) atoms. The Labute approximate surface area is 107 Å². The largest absolute Gasteiger partial charge is 0.409 e. The number of amidine groups is 1. The Morgan fingerprint density at radius 1 is 1.44 bits per heavy atom. The van der Waals surface area contributed by atoms with Crippen molar-refractivity contribution in [2.45, 2.75) is 32.9 Å². The molecule has 0 saturated carbocycles. The Morgan fingerprint density at radius 2 is 2.11 bits per heavy atom. The van der Waals surface area contributed by atoms with Gasteiger partial charge in [-0.2, -0.15) is 0 Å². The molecule has 5 heteroatoms. The van der Waals surface area contributed by atoms with Gasteiger partial charge in [0.15, 0.2) is 5.84 Å². The standard InChI is InChI=1S/C13H21N3O2/c1-9-6-10(12(14)16-18)4-5-11(9)7-15-13(2,3)8-17/h4-6,15,17-18H,7-8H2,1-3H3,(H2,14,16). The number of oxime groups is 1. The number of hydrogen-bond donors (Lipinski definition) is 4. The Hall–Kier alpha value is -1.59. The van der Waals surface area contributed by atoms with E-state index in [0.717, 1.165) is 11.1 Å². The van der Waals surface area contributed by atoms with E-state index in [1.807, 2.05) is 39.0 Å². The van der Waals surface area contributed by atoms with Gasteiger partial charge in [-0.15, -0.1) is 0 Å². The highest BCUT2D eigenvalue weighted by Gasteiger charge is 2.15. The maximum absolute atomic E-state index is 9.17. The number of benzene rings is 1. The third-order valence-corrected chi connectivity index (χ3v) is 2.90. The van der Waals surface area contributed by atoms with Crippen molar-refractivity contribution in [2.24, 2.45) is 10.9 Å². The van der Waals surface area contributed by atoms with Gasteiger partial charge >= 0.3 is 0 Å². The van der Waals surface area contributed by atoms with Crippen LogP contribution in [0, 0.1) is 6.92 Å². The van der Waals surface area contributed by atoms with E-state index in [9.17, 15) is 0 Å². The summed E-state index contributed by atoms with van der Waals surface area (Å²) in [6, 6.07) is 5.62. The average Bonchev–Trinajstić information content (AvgIpc) is 2.36. The molecule has 1 aromatic rings. The zero-order valence-corrected chi connectivity index (χ0v) is 11.1. The highest BCUT2D eigenvalue weighted by molar-refractivity contribution is 5.97. The molecule has 0 spiro atoms. The van der Waals surface area contributed by atoms with Gasteiger partial charge in [-0.3, -0.25) is 0 Å². The summed E-state index contributed by atoms with van der Waals surface area (Å²) in [5.74, 6) is 0.105. The number of aliphatic hydroxyl groups is 1. The van der Waals surface area contributed by atoms with Crippen molar-refractivity contribution in [3.63, 3.8) is 0 Å². The van der Waals surface area contributed by atoms with Crippen LogP contribution in [-0.2, 0) is 6.54 Å². The SMILES string of the molecule is Cc1cc(/C(N)=N/O)ccc1CNC(C)(C)CO. The Balaban J connectivity index is 2.81. The smallest absolute Gasteiger partial charge is 0.170 e. The second kappa shape index (κ2) is 5.84. The van der Waals surface area contributed by atoms with Crippen LogP contribution < -0.4 is 11.1 Å². The number of nitrogens with one attached hydrogen (secondary N) is 1. The molecule has 0 fully saturated rings. The van der Waals surface area contributed by atoms with Gasteiger partial charge < -0.3 is 21.4 Å². The Morgan fingerprint density at radius 3 is 2.61 bits per heavy atom. The number of nitrogens with zero attached hydrogens (tertiary/aromatic N) is 1. The van der Waals surface area contributed by atoms with Crippen molar-refractivity contribution in [3.05, 3.63) is 34.9 Å². The highest BCUT2D eigenvalue weighted by atomic mass is 16.4. The minimum atomic E-state index is -0.309. The zero-order valence-electron chi connectivity index (χ0n) is 11.1. The van der Waals surface area contributed by atoms with Crippen LogP contribution in [0.3, 0.4) is 0 Å². The molecule has 0 bridgehead atoms. The minimum Gasteiger partial charge on any atom is -0.409 e. The van der Waals surface area contributed by atoms with E-state index in [1.54, 1.807) is 0 Å². The van der Waals surface area contributed by atoms with Crippen LogP contribution in [0.5, 0.6) is 0 Å². The van der Waals surface area contributed by atoms with Crippen LogP contribution in [0.1, 0.15) is 30.5 Å². The molecule has 5 nitrogen and oxygen atoms in total. The molecule has 0 aliphatic rings. The number of aryl methyl sites for hydroxylation is 1.